The quantitative estimate of drug-likeness (QED) is 0.132. The molecule has 8 atom stereocenters. The third-order valence-electron chi connectivity index (χ3n) is 13.4. The molecule has 4 aliphatic heterocycles. The van der Waals surface area contributed by atoms with E-state index in [2.05, 4.69) is 10.6 Å². The first-order chi connectivity index (χ1) is 30.8. The lowest BCUT2D eigenvalue weighted by molar-refractivity contribution is -0.121. The highest BCUT2D eigenvalue weighted by Crippen LogP contribution is 2.45. The number of benzene rings is 4. The second-order valence-electron chi connectivity index (χ2n) is 18.2. The molecule has 6 N–H and O–H groups in total. The maximum Gasteiger partial charge on any atom is 0.250 e. The standard InChI is InChI=1S/2C24H27FN2O5/c2*25-20-7-15(6-16-12-31-13-22(29)26-23(16)20)21(28)11-27-10-17-8-19(9-24(17,30)14-27)32-18-4-2-1-3-5-18/h2*1-7,17,19,21,28,30H,8-14H2,(H,26,29)/t17-,19+,21+,24-;17-,19+,21-,24-/m11/s1. The van der Waals surface area contributed by atoms with Crippen molar-refractivity contribution in [2.75, 3.05) is 63.1 Å². The van der Waals surface area contributed by atoms with Crippen molar-refractivity contribution < 1.29 is 57.7 Å². The number of nitrogens with zero attached hydrogens (tertiary/aromatic N) is 2. The lowest BCUT2D eigenvalue weighted by Gasteiger charge is -2.25. The molecule has 0 bridgehead atoms. The second kappa shape index (κ2) is 18.4. The smallest absolute Gasteiger partial charge is 0.250 e. The minimum Gasteiger partial charge on any atom is -0.490 e. The lowest BCUT2D eigenvalue weighted by Crippen LogP contribution is -2.36. The van der Waals surface area contributed by atoms with Crippen LogP contribution in [0.4, 0.5) is 20.2 Å². The summed E-state index contributed by atoms with van der Waals surface area (Å²) in [6.45, 7) is 2.68. The molecular formula is C48H54F2N4O10. The molecule has 6 aliphatic rings. The highest BCUT2D eigenvalue weighted by Gasteiger charge is 2.54. The number of carbonyl (C=O) groups is 2. The number of anilines is 2. The summed E-state index contributed by atoms with van der Waals surface area (Å²) >= 11 is 0. The normalized spacial score (nSPS) is 28.5. The van der Waals surface area contributed by atoms with Gasteiger partial charge in [-0.1, -0.05) is 36.4 Å². The fourth-order valence-corrected chi connectivity index (χ4v) is 10.4. The Balaban J connectivity index is 0.000000162. The van der Waals surface area contributed by atoms with Crippen molar-refractivity contribution in [3.05, 3.63) is 119 Å². The fraction of sp³-hybridized carbons (Fsp3) is 0.458. The van der Waals surface area contributed by atoms with Gasteiger partial charge in [0.1, 0.15) is 48.6 Å². The largest absolute Gasteiger partial charge is 0.490 e. The van der Waals surface area contributed by atoms with E-state index in [4.69, 9.17) is 18.9 Å². The number of para-hydroxylation sites is 2. The molecule has 2 aliphatic carbocycles. The van der Waals surface area contributed by atoms with E-state index in [0.29, 0.717) is 61.3 Å². The summed E-state index contributed by atoms with van der Waals surface area (Å²) in [6, 6.07) is 25.1. The molecule has 0 spiro atoms. The Morgan fingerprint density at radius 2 is 1.05 bits per heavy atom. The zero-order valence-electron chi connectivity index (χ0n) is 35.3. The molecular weight excluding hydrogens is 831 g/mol. The van der Waals surface area contributed by atoms with Crippen LogP contribution in [-0.4, -0.2) is 118 Å². The van der Waals surface area contributed by atoms with Crippen LogP contribution in [0.3, 0.4) is 0 Å². The van der Waals surface area contributed by atoms with Gasteiger partial charge in [-0.05, 0) is 72.5 Å². The minimum absolute atomic E-state index is 0.0339. The molecule has 2 saturated heterocycles. The number of β-amino-alcohol motifs (C(OH)–C–C–N with tert-alkyl or cyclic N) is 4. The van der Waals surface area contributed by atoms with E-state index < -0.39 is 46.9 Å². The summed E-state index contributed by atoms with van der Waals surface area (Å²) in [4.78, 5) is 27.3. The van der Waals surface area contributed by atoms with Crippen molar-refractivity contribution in [1.82, 2.24) is 9.80 Å². The van der Waals surface area contributed by atoms with Gasteiger partial charge in [-0.15, -0.1) is 0 Å². The van der Waals surface area contributed by atoms with Gasteiger partial charge in [0.25, 0.3) is 0 Å². The van der Waals surface area contributed by atoms with Crippen molar-refractivity contribution in [3.63, 3.8) is 0 Å². The van der Waals surface area contributed by atoms with Gasteiger partial charge in [0.2, 0.25) is 11.8 Å². The Hall–Kier alpha value is -5.04. The number of carbonyl (C=O) groups excluding carboxylic acids is 2. The van der Waals surface area contributed by atoms with Gasteiger partial charge < -0.3 is 50.0 Å². The predicted octanol–water partition coefficient (Wildman–Crippen LogP) is 4.46. The first kappa shape index (κ1) is 44.2. The first-order valence-electron chi connectivity index (χ1n) is 21.9. The third kappa shape index (κ3) is 9.79. The summed E-state index contributed by atoms with van der Waals surface area (Å²) < 4.78 is 51.7. The SMILES string of the molecule is O=C1COCc2cc([C@@H](O)CN3C[C@H]4C[C@H](Oc5ccccc5)C[C@@]4(O)C3)cc(F)c2N1.O=C1COCc2cc([C@H](O)CN3C[C@H]4C[C@H](Oc5ccccc5)C[C@@]4(O)C3)cc(F)c2N1. The fourth-order valence-electron chi connectivity index (χ4n) is 10.4. The number of ether oxygens (including phenoxy) is 4. The zero-order chi connectivity index (χ0) is 44.6. The molecule has 0 unspecified atom stereocenters. The van der Waals surface area contributed by atoms with Gasteiger partial charge in [0.15, 0.2) is 0 Å². The van der Waals surface area contributed by atoms with Crippen LogP contribution < -0.4 is 20.1 Å². The average Bonchev–Trinajstić information content (AvgIpc) is 3.81. The molecule has 0 radical (unpaired) electrons. The molecule has 4 heterocycles. The van der Waals surface area contributed by atoms with Crippen LogP contribution in [0.2, 0.25) is 0 Å². The molecule has 4 aromatic carbocycles. The molecule has 0 aromatic heterocycles. The molecule has 2 amide bonds. The molecule has 340 valence electrons. The van der Waals surface area contributed by atoms with E-state index in [1.54, 1.807) is 12.1 Å². The Kier molecular flexibility index (Phi) is 12.7. The predicted molar refractivity (Wildman–Crippen MR) is 229 cm³/mol. The molecule has 4 fully saturated rings. The zero-order valence-corrected chi connectivity index (χ0v) is 35.3. The van der Waals surface area contributed by atoms with E-state index in [1.807, 2.05) is 70.5 Å². The number of hydrogen-bond acceptors (Lipinski definition) is 12. The highest BCUT2D eigenvalue weighted by molar-refractivity contribution is 5.93. The molecule has 64 heavy (non-hydrogen) atoms. The Labute approximate surface area is 369 Å². The average molecular weight is 885 g/mol. The van der Waals surface area contributed by atoms with Crippen LogP contribution in [0.1, 0.15) is 60.1 Å². The van der Waals surface area contributed by atoms with E-state index in [9.17, 15) is 38.8 Å². The Bertz CT molecular complexity index is 2170. The molecule has 10 rings (SSSR count). The van der Waals surface area contributed by atoms with E-state index >= 15 is 0 Å². The van der Waals surface area contributed by atoms with Crippen LogP contribution in [0, 0.1) is 23.5 Å². The van der Waals surface area contributed by atoms with Gasteiger partial charge in [-0.25, -0.2) is 8.78 Å². The maximum absolute atomic E-state index is 14.6. The Morgan fingerprint density at radius 1 is 0.641 bits per heavy atom. The van der Waals surface area contributed by atoms with Gasteiger partial charge in [0, 0.05) is 75.1 Å². The summed E-state index contributed by atoms with van der Waals surface area (Å²) in [7, 11) is 0. The topological polar surface area (TPSA) is 183 Å². The lowest BCUT2D eigenvalue weighted by atomic mass is 9.95. The Morgan fingerprint density at radius 3 is 1.44 bits per heavy atom. The van der Waals surface area contributed by atoms with Crippen molar-refractivity contribution in [1.29, 1.82) is 0 Å². The molecule has 14 nitrogen and oxygen atoms in total. The minimum atomic E-state index is -0.924. The maximum atomic E-state index is 14.6. The number of halogens is 2. The number of amides is 2. The first-order valence-corrected chi connectivity index (χ1v) is 21.9. The summed E-state index contributed by atoms with van der Waals surface area (Å²) in [6.07, 6.45) is 0.681. The second-order valence-corrected chi connectivity index (χ2v) is 18.2. The summed E-state index contributed by atoms with van der Waals surface area (Å²) in [5, 5.41) is 48.9. The number of likely N-dealkylation sites (tertiary alicyclic amines) is 2. The van der Waals surface area contributed by atoms with Crippen molar-refractivity contribution in [2.24, 2.45) is 11.8 Å². The van der Waals surface area contributed by atoms with Crippen LogP contribution in [0.15, 0.2) is 84.9 Å². The van der Waals surface area contributed by atoms with Gasteiger partial charge in [-0.2, -0.15) is 0 Å². The van der Waals surface area contributed by atoms with Crippen molar-refractivity contribution in [3.8, 4) is 11.5 Å². The van der Waals surface area contributed by atoms with E-state index in [1.165, 1.54) is 12.1 Å². The van der Waals surface area contributed by atoms with E-state index in [-0.39, 0.29) is 74.9 Å². The number of hydrogen-bond donors (Lipinski definition) is 6. The van der Waals surface area contributed by atoms with Crippen molar-refractivity contribution in [2.45, 2.75) is 74.5 Å². The van der Waals surface area contributed by atoms with Crippen LogP contribution in [0.25, 0.3) is 0 Å². The van der Waals surface area contributed by atoms with Crippen LogP contribution >= 0.6 is 0 Å². The molecule has 2 saturated carbocycles. The van der Waals surface area contributed by atoms with Gasteiger partial charge >= 0.3 is 0 Å². The highest BCUT2D eigenvalue weighted by atomic mass is 19.1. The molecule has 16 heteroatoms. The van der Waals surface area contributed by atoms with Crippen LogP contribution in [-0.2, 0) is 32.3 Å². The number of rotatable bonds is 10. The summed E-state index contributed by atoms with van der Waals surface area (Å²) in [5.41, 5.74) is 0.374. The number of aliphatic hydroxyl groups excluding tert-OH is 2. The monoisotopic (exact) mass is 884 g/mol. The summed E-state index contributed by atoms with van der Waals surface area (Å²) in [5.74, 6) is -0.240. The number of fused-ring (bicyclic) bond motifs is 4. The number of nitrogens with one attached hydrogen (secondary N) is 2. The molecule has 4 aromatic rings. The third-order valence-corrected chi connectivity index (χ3v) is 13.4. The van der Waals surface area contributed by atoms with E-state index in [0.717, 1.165) is 24.3 Å². The van der Waals surface area contributed by atoms with Gasteiger partial charge in [-0.3, -0.25) is 19.4 Å². The van der Waals surface area contributed by atoms with Crippen LogP contribution in [0.5, 0.6) is 11.5 Å². The van der Waals surface area contributed by atoms with Crippen molar-refractivity contribution >= 4 is 23.2 Å². The van der Waals surface area contributed by atoms with Gasteiger partial charge in [0.05, 0.1) is 48.0 Å². The number of aliphatic hydroxyl groups is 4.